The molecule has 1 amide bonds. The molecule has 7 nitrogen and oxygen atoms in total. The van der Waals surface area contributed by atoms with Crippen LogP contribution in [-0.2, 0) is 0 Å². The Bertz CT molecular complexity index is 1040. The molecule has 0 atom stereocenters. The van der Waals surface area contributed by atoms with Gasteiger partial charge in [-0.05, 0) is 30.3 Å². The van der Waals surface area contributed by atoms with Crippen LogP contribution in [0.4, 0.5) is 17.1 Å². The molecule has 0 aliphatic carbocycles. The Morgan fingerprint density at radius 3 is 2.54 bits per heavy atom. The van der Waals surface area contributed by atoms with Crippen molar-refractivity contribution >= 4 is 23.0 Å². The van der Waals surface area contributed by atoms with Gasteiger partial charge in [-0.2, -0.15) is 5.26 Å². The molecular weight excluding hydrogens is 356 g/mol. The molecule has 3 aromatic rings. The van der Waals surface area contributed by atoms with Crippen molar-refractivity contribution in [2.75, 3.05) is 24.9 Å². The first kappa shape index (κ1) is 18.7. The third-order valence-corrected chi connectivity index (χ3v) is 3.97. The van der Waals surface area contributed by atoms with Crippen LogP contribution in [0.1, 0.15) is 15.9 Å². The molecule has 0 unspecified atom stereocenters. The molecule has 2 N–H and O–H groups in total. The summed E-state index contributed by atoms with van der Waals surface area (Å²) in [7, 11) is 3.13. The highest BCUT2D eigenvalue weighted by Gasteiger charge is 2.11. The Kier molecular flexibility index (Phi) is 5.72. The monoisotopic (exact) mass is 374 g/mol. The predicted octanol–water partition coefficient (Wildman–Crippen LogP) is 3.97. The highest BCUT2D eigenvalue weighted by atomic mass is 16.5. The van der Waals surface area contributed by atoms with Crippen molar-refractivity contribution in [1.82, 2.24) is 4.98 Å². The van der Waals surface area contributed by atoms with Crippen LogP contribution < -0.4 is 20.1 Å². The number of hydrogen-bond acceptors (Lipinski definition) is 6. The van der Waals surface area contributed by atoms with E-state index < -0.39 is 0 Å². The summed E-state index contributed by atoms with van der Waals surface area (Å²) in [6.45, 7) is 0. The summed E-state index contributed by atoms with van der Waals surface area (Å²) in [6, 6.07) is 15.9. The Morgan fingerprint density at radius 1 is 1.00 bits per heavy atom. The Morgan fingerprint density at radius 2 is 1.79 bits per heavy atom. The van der Waals surface area contributed by atoms with E-state index in [4.69, 9.17) is 14.7 Å². The average molecular weight is 374 g/mol. The molecule has 2 aromatic carbocycles. The van der Waals surface area contributed by atoms with E-state index in [0.717, 1.165) is 5.69 Å². The molecule has 0 saturated heterocycles. The van der Waals surface area contributed by atoms with Crippen molar-refractivity contribution in [3.63, 3.8) is 0 Å². The van der Waals surface area contributed by atoms with Crippen molar-refractivity contribution in [3.8, 4) is 17.6 Å². The molecule has 0 saturated carbocycles. The van der Waals surface area contributed by atoms with Gasteiger partial charge in [0.25, 0.3) is 5.91 Å². The topological polar surface area (TPSA) is 96.3 Å². The fourth-order valence-corrected chi connectivity index (χ4v) is 2.60. The van der Waals surface area contributed by atoms with E-state index in [0.29, 0.717) is 34.0 Å². The summed E-state index contributed by atoms with van der Waals surface area (Å²) in [5.41, 5.74) is 2.59. The lowest BCUT2D eigenvalue weighted by molar-refractivity contribution is 0.102. The smallest absolute Gasteiger partial charge is 0.257 e. The van der Waals surface area contributed by atoms with Gasteiger partial charge in [-0.3, -0.25) is 9.78 Å². The Labute approximate surface area is 162 Å². The number of rotatable bonds is 6. The molecule has 0 spiro atoms. The van der Waals surface area contributed by atoms with Crippen molar-refractivity contribution < 1.29 is 14.3 Å². The maximum absolute atomic E-state index is 12.5. The van der Waals surface area contributed by atoms with Crippen LogP contribution >= 0.6 is 0 Å². The summed E-state index contributed by atoms with van der Waals surface area (Å²) in [4.78, 5) is 16.7. The molecule has 0 aliphatic rings. The van der Waals surface area contributed by atoms with Gasteiger partial charge in [-0.25, -0.2) is 0 Å². The zero-order chi connectivity index (χ0) is 19.9. The third-order valence-electron chi connectivity index (χ3n) is 3.97. The highest BCUT2D eigenvalue weighted by Crippen LogP contribution is 2.31. The lowest BCUT2D eigenvalue weighted by Gasteiger charge is -2.12. The fraction of sp³-hybridized carbons (Fsp3) is 0.0952. The molecule has 0 bridgehead atoms. The van der Waals surface area contributed by atoms with Crippen LogP contribution in [0.2, 0.25) is 0 Å². The molecule has 3 rings (SSSR count). The number of nitriles is 1. The molecule has 140 valence electrons. The fourth-order valence-electron chi connectivity index (χ4n) is 2.60. The van der Waals surface area contributed by atoms with Crippen LogP contribution in [0.3, 0.4) is 0 Å². The van der Waals surface area contributed by atoms with E-state index in [1.165, 1.54) is 6.20 Å². The number of para-hydroxylation sites is 1. The maximum atomic E-state index is 12.5. The standard InChI is InChI=1S/C21H18N4O3/c1-27-19-8-7-16(10-20(19)28-2)24-17-9-15(12-23-13-17)21(26)25-18-6-4-3-5-14(18)11-22/h3-10,12-13,24H,1-2H3,(H,25,26). The molecule has 1 aromatic heterocycles. The van der Waals surface area contributed by atoms with Crippen molar-refractivity contribution in [3.05, 3.63) is 72.1 Å². The largest absolute Gasteiger partial charge is 0.493 e. The number of carbonyl (C=O) groups excluding carboxylic acids is 1. The van der Waals surface area contributed by atoms with E-state index in [1.807, 2.05) is 6.07 Å². The number of anilines is 3. The minimum absolute atomic E-state index is 0.355. The number of ether oxygens (including phenoxy) is 2. The molecule has 0 fully saturated rings. The third kappa shape index (κ3) is 4.19. The van der Waals surface area contributed by atoms with Gasteiger partial charge in [-0.1, -0.05) is 12.1 Å². The lowest BCUT2D eigenvalue weighted by atomic mass is 10.1. The predicted molar refractivity (Wildman–Crippen MR) is 106 cm³/mol. The first-order valence-corrected chi connectivity index (χ1v) is 8.39. The Balaban J connectivity index is 1.79. The summed E-state index contributed by atoms with van der Waals surface area (Å²) in [6.07, 6.45) is 3.07. The van der Waals surface area contributed by atoms with E-state index >= 15 is 0 Å². The number of methoxy groups -OCH3 is 2. The molecule has 7 heteroatoms. The highest BCUT2D eigenvalue weighted by molar-refractivity contribution is 6.05. The number of benzene rings is 2. The summed E-state index contributed by atoms with van der Waals surface area (Å²) in [5, 5.41) is 15.1. The maximum Gasteiger partial charge on any atom is 0.257 e. The number of nitrogens with zero attached hydrogens (tertiary/aromatic N) is 2. The lowest BCUT2D eigenvalue weighted by Crippen LogP contribution is -2.13. The number of pyridine rings is 1. The first-order chi connectivity index (χ1) is 13.6. The van der Waals surface area contributed by atoms with Gasteiger partial charge < -0.3 is 20.1 Å². The van der Waals surface area contributed by atoms with Gasteiger partial charge in [0.05, 0.1) is 42.9 Å². The van der Waals surface area contributed by atoms with Crippen LogP contribution in [0.25, 0.3) is 0 Å². The molecular formula is C21H18N4O3. The van der Waals surface area contributed by atoms with Crippen molar-refractivity contribution in [2.24, 2.45) is 0 Å². The second-order valence-corrected chi connectivity index (χ2v) is 5.77. The number of nitrogens with one attached hydrogen (secondary N) is 2. The number of hydrogen-bond donors (Lipinski definition) is 2. The molecule has 0 radical (unpaired) electrons. The van der Waals surface area contributed by atoms with E-state index in [1.54, 1.807) is 62.9 Å². The van der Waals surface area contributed by atoms with E-state index in [2.05, 4.69) is 21.7 Å². The van der Waals surface area contributed by atoms with Crippen molar-refractivity contribution in [1.29, 1.82) is 5.26 Å². The average Bonchev–Trinajstić information content (AvgIpc) is 2.74. The second-order valence-electron chi connectivity index (χ2n) is 5.77. The molecule has 1 heterocycles. The van der Waals surface area contributed by atoms with Gasteiger partial charge in [0.1, 0.15) is 6.07 Å². The van der Waals surface area contributed by atoms with Gasteiger partial charge in [0.15, 0.2) is 11.5 Å². The minimum atomic E-state index is -0.355. The van der Waals surface area contributed by atoms with Crippen LogP contribution in [0, 0.1) is 11.3 Å². The first-order valence-electron chi connectivity index (χ1n) is 8.39. The van der Waals surface area contributed by atoms with Crippen LogP contribution in [0.15, 0.2) is 60.9 Å². The van der Waals surface area contributed by atoms with Gasteiger partial charge in [0, 0.05) is 18.0 Å². The minimum Gasteiger partial charge on any atom is -0.493 e. The Hall–Kier alpha value is -4.05. The second kappa shape index (κ2) is 8.56. The van der Waals surface area contributed by atoms with Crippen molar-refractivity contribution in [2.45, 2.75) is 0 Å². The van der Waals surface area contributed by atoms with E-state index in [9.17, 15) is 4.79 Å². The summed E-state index contributed by atoms with van der Waals surface area (Å²) < 4.78 is 10.5. The quantitative estimate of drug-likeness (QED) is 0.678. The van der Waals surface area contributed by atoms with E-state index in [-0.39, 0.29) is 5.91 Å². The van der Waals surface area contributed by atoms with Gasteiger partial charge in [-0.15, -0.1) is 0 Å². The van der Waals surface area contributed by atoms with Gasteiger partial charge in [0.2, 0.25) is 0 Å². The zero-order valence-electron chi connectivity index (χ0n) is 15.4. The number of carbonyl (C=O) groups is 1. The SMILES string of the molecule is COc1ccc(Nc2cncc(C(=O)Nc3ccccc3C#N)c2)cc1OC. The molecule has 0 aliphatic heterocycles. The summed E-state index contributed by atoms with van der Waals surface area (Å²) >= 11 is 0. The van der Waals surface area contributed by atoms with Gasteiger partial charge >= 0.3 is 0 Å². The number of aromatic nitrogens is 1. The van der Waals surface area contributed by atoms with Crippen LogP contribution in [-0.4, -0.2) is 25.1 Å². The molecule has 28 heavy (non-hydrogen) atoms. The number of amides is 1. The summed E-state index contributed by atoms with van der Waals surface area (Å²) in [5.74, 6) is 0.851. The normalized spacial score (nSPS) is 9.89. The zero-order valence-corrected chi connectivity index (χ0v) is 15.4. The van der Waals surface area contributed by atoms with Crippen LogP contribution in [0.5, 0.6) is 11.5 Å².